The van der Waals surface area contributed by atoms with Crippen molar-refractivity contribution in [2.45, 2.75) is 36.5 Å². The summed E-state index contributed by atoms with van der Waals surface area (Å²) in [5.74, 6) is -1.58. The monoisotopic (exact) mass is 518 g/mol. The Bertz CT molecular complexity index is 1160. The molecule has 0 aliphatic carbocycles. The number of rotatable bonds is 3. The van der Waals surface area contributed by atoms with Gasteiger partial charge in [-0.15, -0.1) is 0 Å². The SMILES string of the molecule is O=C(CC(F)(F)F)N1CC2(C1)OCc1cc(C3=NSC(c4cc(Cl)c(F)c(Cl)c4)C3)ccc12. The van der Waals surface area contributed by atoms with Crippen molar-refractivity contribution in [2.24, 2.45) is 4.40 Å². The summed E-state index contributed by atoms with van der Waals surface area (Å²) in [5.41, 5.74) is 3.64. The quantitative estimate of drug-likeness (QED) is 0.274. The minimum absolute atomic E-state index is 0.0326. The molecule has 33 heavy (non-hydrogen) atoms. The summed E-state index contributed by atoms with van der Waals surface area (Å²) in [5, 5.41) is -0.115. The molecule has 0 N–H and O–H groups in total. The zero-order valence-corrected chi connectivity index (χ0v) is 19.2. The van der Waals surface area contributed by atoms with Crippen LogP contribution in [0.25, 0.3) is 0 Å². The number of hydrogen-bond donors (Lipinski definition) is 0. The fourth-order valence-corrected chi connectivity index (χ4v) is 5.84. The molecule has 0 aromatic heterocycles. The van der Waals surface area contributed by atoms with Crippen molar-refractivity contribution in [2.75, 3.05) is 13.1 Å². The van der Waals surface area contributed by atoms with E-state index in [1.807, 2.05) is 18.2 Å². The van der Waals surface area contributed by atoms with Gasteiger partial charge in [0.1, 0.15) is 12.0 Å². The van der Waals surface area contributed by atoms with Crippen LogP contribution in [0.5, 0.6) is 0 Å². The summed E-state index contributed by atoms with van der Waals surface area (Å²) < 4.78 is 61.7. The van der Waals surface area contributed by atoms with E-state index in [0.717, 1.165) is 28.0 Å². The van der Waals surface area contributed by atoms with Crippen LogP contribution in [0, 0.1) is 5.82 Å². The van der Waals surface area contributed by atoms with Gasteiger partial charge < -0.3 is 9.64 Å². The maximum absolute atomic E-state index is 13.7. The largest absolute Gasteiger partial charge is 0.397 e. The molecule has 0 radical (unpaired) electrons. The van der Waals surface area contributed by atoms with E-state index in [0.29, 0.717) is 13.0 Å². The number of benzene rings is 2. The Morgan fingerprint density at radius 1 is 1.21 bits per heavy atom. The molecule has 4 nitrogen and oxygen atoms in total. The summed E-state index contributed by atoms with van der Waals surface area (Å²) in [6, 6.07) is 8.89. The highest BCUT2D eigenvalue weighted by atomic mass is 35.5. The Morgan fingerprint density at radius 2 is 1.91 bits per heavy atom. The Balaban J connectivity index is 1.28. The number of carbonyl (C=O) groups is 1. The number of halogens is 6. The molecular weight excluding hydrogens is 503 g/mol. The highest BCUT2D eigenvalue weighted by Crippen LogP contribution is 2.46. The number of nitrogens with zero attached hydrogens (tertiary/aromatic N) is 2. The van der Waals surface area contributed by atoms with Crippen molar-refractivity contribution in [1.82, 2.24) is 4.90 Å². The average Bonchev–Trinajstić information content (AvgIpc) is 3.34. The molecule has 1 unspecified atom stereocenters. The molecule has 5 rings (SSSR count). The zero-order chi connectivity index (χ0) is 23.5. The number of alkyl halides is 3. The van der Waals surface area contributed by atoms with Crippen LogP contribution < -0.4 is 0 Å². The molecule has 1 amide bonds. The van der Waals surface area contributed by atoms with Crippen LogP contribution >= 0.6 is 35.1 Å². The van der Waals surface area contributed by atoms with Crippen LogP contribution in [0.1, 0.15) is 40.3 Å². The van der Waals surface area contributed by atoms with Crippen molar-refractivity contribution in [3.63, 3.8) is 0 Å². The molecular formula is C22H16Cl2F4N2O2S. The Kier molecular flexibility index (Phi) is 5.67. The Hall–Kier alpha value is -1.81. The smallest absolute Gasteiger partial charge is 0.362 e. The molecule has 2 aromatic carbocycles. The van der Waals surface area contributed by atoms with Crippen molar-refractivity contribution < 1.29 is 27.1 Å². The second kappa shape index (κ2) is 8.15. The molecule has 3 heterocycles. The van der Waals surface area contributed by atoms with Gasteiger partial charge in [0.15, 0.2) is 5.82 Å². The van der Waals surface area contributed by atoms with Crippen molar-refractivity contribution in [3.05, 3.63) is 68.4 Å². The molecule has 174 valence electrons. The molecule has 3 aliphatic rings. The van der Waals surface area contributed by atoms with E-state index in [9.17, 15) is 22.4 Å². The minimum Gasteiger partial charge on any atom is -0.362 e. The van der Waals surface area contributed by atoms with E-state index in [-0.39, 0.29) is 28.4 Å². The first-order chi connectivity index (χ1) is 15.5. The van der Waals surface area contributed by atoms with Crippen LogP contribution in [-0.4, -0.2) is 35.8 Å². The summed E-state index contributed by atoms with van der Waals surface area (Å²) >= 11 is 13.2. The van der Waals surface area contributed by atoms with E-state index in [1.54, 1.807) is 12.1 Å². The standard InChI is InChI=1S/C22H16Cl2F4N2O2S/c23-15-4-12(5-16(24)20(15)25)18-6-17(29-33-18)11-1-2-14-13(3-11)8-32-21(14)9-30(10-21)19(31)7-22(26,27)28/h1-5,18H,6-10H2. The lowest BCUT2D eigenvalue weighted by Gasteiger charge is -2.47. The molecule has 1 atom stereocenters. The minimum atomic E-state index is -4.52. The molecule has 1 spiro atoms. The van der Waals surface area contributed by atoms with Crippen LogP contribution in [0.15, 0.2) is 34.7 Å². The summed E-state index contributed by atoms with van der Waals surface area (Å²) in [6.45, 7) is 0.538. The van der Waals surface area contributed by atoms with E-state index in [4.69, 9.17) is 27.9 Å². The average molecular weight is 519 g/mol. The highest BCUT2D eigenvalue weighted by Gasteiger charge is 2.52. The van der Waals surface area contributed by atoms with Crippen molar-refractivity contribution >= 4 is 46.8 Å². The van der Waals surface area contributed by atoms with Gasteiger partial charge in [0, 0.05) is 6.42 Å². The van der Waals surface area contributed by atoms with Gasteiger partial charge in [-0.3, -0.25) is 4.79 Å². The Labute approximate surface area is 201 Å². The van der Waals surface area contributed by atoms with Gasteiger partial charge in [-0.05, 0) is 52.4 Å². The van der Waals surface area contributed by atoms with E-state index in [2.05, 4.69) is 4.40 Å². The van der Waals surface area contributed by atoms with E-state index < -0.39 is 29.9 Å². The van der Waals surface area contributed by atoms with Crippen molar-refractivity contribution in [3.8, 4) is 0 Å². The van der Waals surface area contributed by atoms with E-state index in [1.165, 1.54) is 16.8 Å². The lowest BCUT2D eigenvalue weighted by Crippen LogP contribution is -2.61. The van der Waals surface area contributed by atoms with Crippen LogP contribution in [0.4, 0.5) is 17.6 Å². The first-order valence-corrected chi connectivity index (χ1v) is 11.6. The zero-order valence-electron chi connectivity index (χ0n) is 16.9. The molecule has 3 aliphatic heterocycles. The lowest BCUT2D eigenvalue weighted by atomic mass is 9.84. The maximum atomic E-state index is 13.7. The summed E-state index contributed by atoms with van der Waals surface area (Å²) in [6.07, 6.45) is -5.38. The molecule has 0 bridgehead atoms. The summed E-state index contributed by atoms with van der Waals surface area (Å²) in [4.78, 5) is 13.0. The molecule has 2 aromatic rings. The predicted molar refractivity (Wildman–Crippen MR) is 118 cm³/mol. The third-order valence-electron chi connectivity index (χ3n) is 6.08. The molecule has 0 saturated carbocycles. The molecule has 11 heteroatoms. The number of amides is 1. The van der Waals surface area contributed by atoms with Gasteiger partial charge in [0.25, 0.3) is 0 Å². The third kappa shape index (κ3) is 4.24. The maximum Gasteiger partial charge on any atom is 0.397 e. The second-order valence-corrected chi connectivity index (χ2v) is 10.1. The first-order valence-electron chi connectivity index (χ1n) is 10.0. The van der Waals surface area contributed by atoms with Gasteiger partial charge in [-0.2, -0.15) is 13.2 Å². The lowest BCUT2D eigenvalue weighted by molar-refractivity contribution is -0.185. The van der Waals surface area contributed by atoms with Gasteiger partial charge >= 0.3 is 6.18 Å². The van der Waals surface area contributed by atoms with Gasteiger partial charge in [-0.25, -0.2) is 8.79 Å². The van der Waals surface area contributed by atoms with Crippen LogP contribution in [0.3, 0.4) is 0 Å². The fourth-order valence-electron chi connectivity index (χ4n) is 4.41. The predicted octanol–water partition coefficient (Wildman–Crippen LogP) is 6.23. The number of carbonyl (C=O) groups excluding carboxylic acids is 1. The third-order valence-corrected chi connectivity index (χ3v) is 7.65. The normalized spacial score (nSPS) is 21.2. The first kappa shape index (κ1) is 23.0. The molecule has 1 fully saturated rings. The van der Waals surface area contributed by atoms with Crippen molar-refractivity contribution in [1.29, 1.82) is 0 Å². The number of hydrogen-bond acceptors (Lipinski definition) is 4. The highest BCUT2D eigenvalue weighted by molar-refractivity contribution is 7.98. The molecule has 1 saturated heterocycles. The summed E-state index contributed by atoms with van der Waals surface area (Å²) in [7, 11) is 0. The van der Waals surface area contributed by atoms with Gasteiger partial charge in [-0.1, -0.05) is 35.3 Å². The number of likely N-dealkylation sites (tertiary alicyclic amines) is 1. The van der Waals surface area contributed by atoms with Gasteiger partial charge in [0.05, 0.1) is 40.7 Å². The van der Waals surface area contributed by atoms with Crippen LogP contribution in [-0.2, 0) is 21.7 Å². The Morgan fingerprint density at radius 3 is 2.58 bits per heavy atom. The topological polar surface area (TPSA) is 41.9 Å². The fraction of sp³-hybridized carbons (Fsp3) is 0.364. The van der Waals surface area contributed by atoms with Gasteiger partial charge in [0.2, 0.25) is 5.91 Å². The number of fused-ring (bicyclic) bond motifs is 2. The number of ether oxygens (including phenoxy) is 1. The van der Waals surface area contributed by atoms with Crippen LogP contribution in [0.2, 0.25) is 10.0 Å². The van der Waals surface area contributed by atoms with E-state index >= 15 is 0 Å². The second-order valence-electron chi connectivity index (χ2n) is 8.33.